The Hall–Kier alpha value is -1.11. The van der Waals surface area contributed by atoms with E-state index in [0.717, 1.165) is 0 Å². The van der Waals surface area contributed by atoms with Crippen LogP contribution in [0.2, 0.25) is 0 Å². The first kappa shape index (κ1) is 17.9. The summed E-state index contributed by atoms with van der Waals surface area (Å²) in [5, 5.41) is 2.46. The van der Waals surface area contributed by atoms with Gasteiger partial charge in [-0.25, -0.2) is 9.59 Å². The Morgan fingerprint density at radius 3 is 2.16 bits per heavy atom. The molecule has 0 radical (unpaired) electrons. The highest BCUT2D eigenvalue weighted by molar-refractivity contribution is 7.84. The van der Waals surface area contributed by atoms with Crippen LogP contribution >= 0.6 is 0 Å². The van der Waals surface area contributed by atoms with Crippen LogP contribution in [0.1, 0.15) is 34.6 Å². The summed E-state index contributed by atoms with van der Waals surface area (Å²) in [5.41, 5.74) is -0.638. The molecule has 0 spiro atoms. The van der Waals surface area contributed by atoms with Crippen LogP contribution in [-0.4, -0.2) is 40.1 Å². The highest BCUT2D eigenvalue weighted by Gasteiger charge is 2.28. The minimum absolute atomic E-state index is 0.162. The van der Waals surface area contributed by atoms with Gasteiger partial charge in [0.1, 0.15) is 11.6 Å². The number of ether oxygens (including phenoxy) is 2. The summed E-state index contributed by atoms with van der Waals surface area (Å²) in [6.07, 6.45) is 0.750. The molecule has 0 aliphatic carbocycles. The Kier molecular flexibility index (Phi) is 7.04. The topological polar surface area (TPSA) is 81.7 Å². The van der Waals surface area contributed by atoms with E-state index in [2.05, 4.69) is 5.32 Å². The van der Waals surface area contributed by atoms with Crippen molar-refractivity contribution in [2.75, 3.05) is 12.2 Å². The first-order valence-corrected chi connectivity index (χ1v) is 7.72. The van der Waals surface area contributed by atoms with Crippen LogP contribution < -0.4 is 5.32 Å². The molecule has 112 valence electrons. The zero-order valence-electron chi connectivity index (χ0n) is 12.3. The van der Waals surface area contributed by atoms with Crippen LogP contribution in [0, 0.1) is 5.92 Å². The minimum Gasteiger partial charge on any atom is -0.450 e. The molecule has 0 aromatic rings. The molecule has 0 rings (SSSR count). The smallest absolute Gasteiger partial charge is 0.408 e. The molecular weight excluding hydrogens is 270 g/mol. The van der Waals surface area contributed by atoms with Gasteiger partial charge in [-0.3, -0.25) is 4.21 Å². The van der Waals surface area contributed by atoms with Crippen molar-refractivity contribution >= 4 is 22.9 Å². The largest absolute Gasteiger partial charge is 0.450 e. The van der Waals surface area contributed by atoms with Gasteiger partial charge in [-0.15, -0.1) is 0 Å². The summed E-state index contributed by atoms with van der Waals surface area (Å²) in [7, 11) is -1.23. The molecule has 0 aliphatic rings. The third-order valence-corrected chi connectivity index (χ3v) is 2.41. The zero-order valence-corrected chi connectivity index (χ0v) is 13.1. The lowest BCUT2D eigenvalue weighted by molar-refractivity contribution is -0.145. The van der Waals surface area contributed by atoms with E-state index in [4.69, 9.17) is 9.47 Å². The zero-order chi connectivity index (χ0) is 15.2. The number of esters is 1. The third kappa shape index (κ3) is 8.58. The maximum atomic E-state index is 11.8. The Morgan fingerprint density at radius 2 is 1.79 bits per heavy atom. The van der Waals surface area contributed by atoms with Crippen molar-refractivity contribution in [2.45, 2.75) is 46.3 Å². The van der Waals surface area contributed by atoms with Crippen LogP contribution in [0.3, 0.4) is 0 Å². The molecule has 1 amide bonds. The molecule has 6 nitrogen and oxygen atoms in total. The van der Waals surface area contributed by atoms with E-state index in [9.17, 15) is 13.8 Å². The number of nitrogens with one attached hydrogen (secondary N) is 1. The van der Waals surface area contributed by atoms with Crippen molar-refractivity contribution in [3.05, 3.63) is 0 Å². The molecule has 1 unspecified atom stereocenters. The molecule has 0 saturated carbocycles. The predicted molar refractivity (Wildman–Crippen MR) is 73.0 cm³/mol. The van der Waals surface area contributed by atoms with Gasteiger partial charge in [0.15, 0.2) is 5.94 Å². The lowest BCUT2D eigenvalue weighted by Gasteiger charge is -2.24. The van der Waals surface area contributed by atoms with Gasteiger partial charge in [0.05, 0.1) is 10.8 Å². The maximum Gasteiger partial charge on any atom is 0.408 e. The van der Waals surface area contributed by atoms with Crippen molar-refractivity contribution in [1.82, 2.24) is 5.32 Å². The summed E-state index contributed by atoms with van der Waals surface area (Å²) in [4.78, 5) is 23.4. The number of hydrogen-bond donors (Lipinski definition) is 1. The first-order valence-electron chi connectivity index (χ1n) is 5.99. The van der Waals surface area contributed by atoms with Gasteiger partial charge in [-0.05, 0) is 26.7 Å². The van der Waals surface area contributed by atoms with Crippen molar-refractivity contribution in [3.63, 3.8) is 0 Å². The molecule has 0 aromatic heterocycles. The minimum atomic E-state index is -1.23. The fourth-order valence-corrected chi connectivity index (χ4v) is 1.45. The van der Waals surface area contributed by atoms with Gasteiger partial charge >= 0.3 is 12.1 Å². The molecular formula is C12H23NO5S. The molecule has 19 heavy (non-hydrogen) atoms. The summed E-state index contributed by atoms with van der Waals surface area (Å²) in [5.74, 6) is -0.959. The summed E-state index contributed by atoms with van der Waals surface area (Å²) < 4.78 is 20.8. The van der Waals surface area contributed by atoms with E-state index in [-0.39, 0.29) is 11.9 Å². The van der Waals surface area contributed by atoms with Crippen molar-refractivity contribution < 1.29 is 23.3 Å². The highest BCUT2D eigenvalue weighted by atomic mass is 32.2. The molecule has 0 heterocycles. The average molecular weight is 293 g/mol. The molecule has 0 saturated heterocycles. The molecule has 0 aliphatic heterocycles. The van der Waals surface area contributed by atoms with E-state index < -0.39 is 34.5 Å². The Bertz CT molecular complexity index is 349. The SMILES string of the molecule is CC(C)[C@H](NC(=O)OC(C)(C)C)C(=O)OCS(C)=O. The normalized spacial score (nSPS) is 14.7. The number of carbonyl (C=O) groups is 2. The van der Waals surface area contributed by atoms with Crippen molar-refractivity contribution in [1.29, 1.82) is 0 Å². The lowest BCUT2D eigenvalue weighted by Crippen LogP contribution is -2.47. The predicted octanol–water partition coefficient (Wildman–Crippen LogP) is 1.41. The van der Waals surface area contributed by atoms with Crippen LogP contribution in [-0.2, 0) is 25.1 Å². The van der Waals surface area contributed by atoms with Gasteiger partial charge in [-0.1, -0.05) is 13.8 Å². The van der Waals surface area contributed by atoms with Crippen LogP contribution in [0.4, 0.5) is 4.79 Å². The Labute approximate surface area is 116 Å². The number of rotatable bonds is 5. The van der Waals surface area contributed by atoms with Crippen LogP contribution in [0.15, 0.2) is 0 Å². The second-order valence-corrected chi connectivity index (χ2v) is 6.90. The average Bonchev–Trinajstić information content (AvgIpc) is 2.19. The Morgan fingerprint density at radius 1 is 1.26 bits per heavy atom. The van der Waals surface area contributed by atoms with Crippen molar-refractivity contribution in [3.8, 4) is 0 Å². The molecule has 7 heteroatoms. The number of amides is 1. The van der Waals surface area contributed by atoms with Gasteiger partial charge in [-0.2, -0.15) is 0 Å². The number of alkyl carbamates (subject to hydrolysis) is 1. The first-order chi connectivity index (χ1) is 8.53. The molecule has 0 fully saturated rings. The van der Waals surface area contributed by atoms with Crippen LogP contribution in [0.25, 0.3) is 0 Å². The monoisotopic (exact) mass is 293 g/mol. The standard InChI is InChI=1S/C12H23NO5S/c1-8(2)9(10(14)17-7-19(6)16)13-11(15)18-12(3,4)5/h8-9H,7H2,1-6H3,(H,13,15)/t9-,19?/m0/s1. The van der Waals surface area contributed by atoms with E-state index in [1.54, 1.807) is 34.6 Å². The highest BCUT2D eigenvalue weighted by Crippen LogP contribution is 2.09. The second kappa shape index (κ2) is 7.47. The second-order valence-electron chi connectivity index (χ2n) is 5.52. The molecule has 1 N–H and O–H groups in total. The van der Waals surface area contributed by atoms with Crippen molar-refractivity contribution in [2.24, 2.45) is 5.92 Å². The number of hydrogen-bond acceptors (Lipinski definition) is 5. The quantitative estimate of drug-likeness (QED) is 0.775. The van der Waals surface area contributed by atoms with E-state index in [1.807, 2.05) is 0 Å². The molecule has 0 aromatic carbocycles. The maximum absolute atomic E-state index is 11.8. The molecule has 0 bridgehead atoms. The fourth-order valence-electron chi connectivity index (χ4n) is 1.16. The number of carbonyl (C=O) groups excluding carboxylic acids is 2. The third-order valence-electron chi connectivity index (χ3n) is 1.96. The van der Waals surface area contributed by atoms with E-state index in [0.29, 0.717) is 0 Å². The van der Waals surface area contributed by atoms with Gasteiger partial charge in [0.2, 0.25) is 0 Å². The van der Waals surface area contributed by atoms with Crippen LogP contribution in [0.5, 0.6) is 0 Å². The summed E-state index contributed by atoms with van der Waals surface area (Å²) >= 11 is 0. The van der Waals surface area contributed by atoms with E-state index in [1.165, 1.54) is 6.26 Å². The molecule has 2 atom stereocenters. The van der Waals surface area contributed by atoms with Gasteiger partial charge < -0.3 is 14.8 Å². The fraction of sp³-hybridized carbons (Fsp3) is 0.833. The van der Waals surface area contributed by atoms with Gasteiger partial charge in [0, 0.05) is 6.26 Å². The van der Waals surface area contributed by atoms with E-state index >= 15 is 0 Å². The van der Waals surface area contributed by atoms with Gasteiger partial charge in [0.25, 0.3) is 0 Å². The summed E-state index contributed by atoms with van der Waals surface area (Å²) in [6, 6.07) is -0.821. The lowest BCUT2D eigenvalue weighted by atomic mass is 10.1. The summed E-state index contributed by atoms with van der Waals surface area (Å²) in [6.45, 7) is 8.74. The Balaban J connectivity index is 4.53.